The third-order valence-electron chi connectivity index (χ3n) is 4.36. The lowest BCUT2D eigenvalue weighted by Gasteiger charge is -2.29. The molecular weight excluding hydrogens is 308 g/mol. The molecule has 1 aliphatic rings. The van der Waals surface area contributed by atoms with Gasteiger partial charge in [-0.15, -0.1) is 0 Å². The number of rotatable bonds is 4. The van der Waals surface area contributed by atoms with Crippen LogP contribution in [0.4, 0.5) is 0 Å². The molecule has 6 heteroatoms. The summed E-state index contributed by atoms with van der Waals surface area (Å²) in [5.41, 5.74) is 7.11. The molecule has 1 aliphatic carbocycles. The normalized spacial score (nSPS) is 23.2. The molecule has 3 N–H and O–H groups in total. The lowest BCUT2D eigenvalue weighted by molar-refractivity contribution is 0.310. The average Bonchev–Trinajstić information content (AvgIpc) is 2.43. The zero-order chi connectivity index (χ0) is 15.6. The van der Waals surface area contributed by atoms with Crippen molar-refractivity contribution in [1.82, 2.24) is 4.72 Å². The summed E-state index contributed by atoms with van der Waals surface area (Å²) in [7, 11) is -3.57. The van der Waals surface area contributed by atoms with E-state index < -0.39 is 10.0 Å². The van der Waals surface area contributed by atoms with Crippen LogP contribution in [0.1, 0.15) is 43.7 Å². The van der Waals surface area contributed by atoms with E-state index in [1.54, 1.807) is 13.0 Å². The third-order valence-corrected chi connectivity index (χ3v) is 6.19. The molecule has 2 unspecified atom stereocenters. The summed E-state index contributed by atoms with van der Waals surface area (Å²) in [6.45, 7) is 4.15. The van der Waals surface area contributed by atoms with E-state index in [0.29, 0.717) is 16.5 Å². The molecule has 0 aliphatic heterocycles. The van der Waals surface area contributed by atoms with Crippen molar-refractivity contribution >= 4 is 21.6 Å². The Morgan fingerprint density at radius 2 is 2.00 bits per heavy atom. The molecule has 1 fully saturated rings. The van der Waals surface area contributed by atoms with Crippen LogP contribution >= 0.6 is 11.6 Å². The quantitative estimate of drug-likeness (QED) is 0.891. The number of sulfonamides is 1. The minimum absolute atomic E-state index is 0.00320. The molecule has 0 radical (unpaired) electrons. The van der Waals surface area contributed by atoms with Crippen LogP contribution in [-0.4, -0.2) is 14.5 Å². The first-order valence-corrected chi connectivity index (χ1v) is 9.22. The maximum Gasteiger partial charge on any atom is 0.241 e. The van der Waals surface area contributed by atoms with Crippen molar-refractivity contribution in [2.75, 3.05) is 0 Å². The Labute approximate surface area is 132 Å². The van der Waals surface area contributed by atoms with Gasteiger partial charge in [-0.05, 0) is 48.9 Å². The maximum absolute atomic E-state index is 12.7. The van der Waals surface area contributed by atoms with Crippen molar-refractivity contribution in [3.8, 4) is 0 Å². The molecule has 0 amide bonds. The molecule has 4 nitrogen and oxygen atoms in total. The Balaban J connectivity index is 2.33. The number of hydrogen-bond donors (Lipinski definition) is 2. The van der Waals surface area contributed by atoms with Crippen LogP contribution in [0.2, 0.25) is 5.02 Å². The molecule has 1 aromatic carbocycles. The molecule has 2 rings (SSSR count). The fourth-order valence-electron chi connectivity index (χ4n) is 2.95. The van der Waals surface area contributed by atoms with Gasteiger partial charge in [-0.25, -0.2) is 13.1 Å². The Hall–Kier alpha value is -0.620. The van der Waals surface area contributed by atoms with Gasteiger partial charge >= 0.3 is 0 Å². The van der Waals surface area contributed by atoms with Gasteiger partial charge in [0.15, 0.2) is 0 Å². The Bertz CT molecular complexity index is 616. The lowest BCUT2D eigenvalue weighted by Crippen LogP contribution is -2.41. The molecule has 0 aromatic heterocycles. The summed E-state index contributed by atoms with van der Waals surface area (Å²) in [6.07, 6.45) is 4.20. The Kier molecular flexibility index (Phi) is 5.30. The monoisotopic (exact) mass is 330 g/mol. The lowest BCUT2D eigenvalue weighted by atomic mass is 9.87. The smallest absolute Gasteiger partial charge is 0.241 e. The average molecular weight is 331 g/mol. The second-order valence-corrected chi connectivity index (χ2v) is 8.00. The van der Waals surface area contributed by atoms with Gasteiger partial charge in [0.1, 0.15) is 0 Å². The van der Waals surface area contributed by atoms with Crippen LogP contribution in [0.3, 0.4) is 0 Å². The predicted octanol–water partition coefficient (Wildman–Crippen LogP) is 2.96. The van der Waals surface area contributed by atoms with Crippen LogP contribution in [0, 0.1) is 12.8 Å². The fourth-order valence-corrected chi connectivity index (χ4v) is 4.95. The number of nitrogens with one attached hydrogen (secondary N) is 1. The van der Waals surface area contributed by atoms with E-state index in [1.807, 2.05) is 0 Å². The van der Waals surface area contributed by atoms with E-state index in [0.717, 1.165) is 24.8 Å². The summed E-state index contributed by atoms with van der Waals surface area (Å²) in [5, 5.41) is 0.401. The second kappa shape index (κ2) is 6.65. The van der Waals surface area contributed by atoms with Crippen molar-refractivity contribution in [3.05, 3.63) is 28.3 Å². The SMILES string of the molecule is Cc1c(CN)cc(Cl)cc1S(=O)(=O)NC1CCCCC1C. The number of benzene rings is 1. The van der Waals surface area contributed by atoms with E-state index in [4.69, 9.17) is 17.3 Å². The summed E-state index contributed by atoms with van der Waals surface area (Å²) in [6, 6.07) is 3.23. The summed E-state index contributed by atoms with van der Waals surface area (Å²) >= 11 is 6.03. The standard InChI is InChI=1S/C15H23ClN2O2S/c1-10-5-3-4-6-14(10)18-21(19,20)15-8-13(16)7-12(9-17)11(15)2/h7-8,10,14,18H,3-6,9,17H2,1-2H3. The van der Waals surface area contributed by atoms with Crippen LogP contribution in [0.15, 0.2) is 17.0 Å². The number of nitrogens with two attached hydrogens (primary N) is 1. The van der Waals surface area contributed by atoms with Crippen molar-refractivity contribution in [2.45, 2.75) is 57.0 Å². The van der Waals surface area contributed by atoms with E-state index in [-0.39, 0.29) is 17.5 Å². The van der Waals surface area contributed by atoms with Gasteiger partial charge < -0.3 is 5.73 Å². The van der Waals surface area contributed by atoms with Crippen molar-refractivity contribution in [1.29, 1.82) is 0 Å². The second-order valence-electron chi connectivity index (χ2n) is 5.88. The van der Waals surface area contributed by atoms with Gasteiger partial charge in [-0.2, -0.15) is 0 Å². The van der Waals surface area contributed by atoms with E-state index in [1.165, 1.54) is 12.5 Å². The molecule has 0 spiro atoms. The first-order valence-electron chi connectivity index (χ1n) is 7.36. The molecule has 0 bridgehead atoms. The minimum Gasteiger partial charge on any atom is -0.326 e. The van der Waals surface area contributed by atoms with Crippen molar-refractivity contribution < 1.29 is 8.42 Å². The highest BCUT2D eigenvalue weighted by molar-refractivity contribution is 7.89. The Morgan fingerprint density at radius 1 is 1.33 bits per heavy atom. The third kappa shape index (κ3) is 3.77. The van der Waals surface area contributed by atoms with E-state index in [9.17, 15) is 8.42 Å². The first-order chi connectivity index (χ1) is 9.85. The zero-order valence-electron chi connectivity index (χ0n) is 12.5. The molecule has 118 valence electrons. The highest BCUT2D eigenvalue weighted by Crippen LogP contribution is 2.28. The molecule has 2 atom stereocenters. The minimum atomic E-state index is -3.57. The van der Waals surface area contributed by atoms with Gasteiger partial charge in [0.25, 0.3) is 0 Å². The van der Waals surface area contributed by atoms with Crippen LogP contribution in [-0.2, 0) is 16.6 Å². The predicted molar refractivity (Wildman–Crippen MR) is 85.8 cm³/mol. The number of halogens is 1. The first kappa shape index (κ1) is 16.7. The molecule has 1 aromatic rings. The van der Waals surface area contributed by atoms with Gasteiger partial charge in [0.05, 0.1) is 4.90 Å². The Morgan fingerprint density at radius 3 is 2.62 bits per heavy atom. The number of hydrogen-bond acceptors (Lipinski definition) is 3. The van der Waals surface area contributed by atoms with Gasteiger partial charge in [-0.1, -0.05) is 31.4 Å². The molecule has 21 heavy (non-hydrogen) atoms. The van der Waals surface area contributed by atoms with Crippen LogP contribution in [0.5, 0.6) is 0 Å². The largest absolute Gasteiger partial charge is 0.326 e. The highest BCUT2D eigenvalue weighted by atomic mass is 35.5. The topological polar surface area (TPSA) is 72.2 Å². The van der Waals surface area contributed by atoms with Crippen molar-refractivity contribution in [3.63, 3.8) is 0 Å². The van der Waals surface area contributed by atoms with E-state index in [2.05, 4.69) is 11.6 Å². The summed E-state index contributed by atoms with van der Waals surface area (Å²) in [5.74, 6) is 0.363. The van der Waals surface area contributed by atoms with Crippen molar-refractivity contribution in [2.24, 2.45) is 11.7 Å². The van der Waals surface area contributed by atoms with Gasteiger partial charge in [0.2, 0.25) is 10.0 Å². The van der Waals surface area contributed by atoms with Gasteiger partial charge in [-0.3, -0.25) is 0 Å². The molecule has 0 saturated heterocycles. The summed E-state index contributed by atoms with van der Waals surface area (Å²) in [4.78, 5) is 0.244. The maximum atomic E-state index is 12.7. The molecule has 1 saturated carbocycles. The van der Waals surface area contributed by atoms with E-state index >= 15 is 0 Å². The molecular formula is C15H23ClN2O2S. The summed E-state index contributed by atoms with van der Waals surface area (Å²) < 4.78 is 28.2. The van der Waals surface area contributed by atoms with Gasteiger partial charge in [0, 0.05) is 17.6 Å². The molecule has 0 heterocycles. The fraction of sp³-hybridized carbons (Fsp3) is 0.600. The zero-order valence-corrected chi connectivity index (χ0v) is 14.1. The van der Waals surface area contributed by atoms with Crippen LogP contribution < -0.4 is 10.5 Å². The highest BCUT2D eigenvalue weighted by Gasteiger charge is 2.28. The van der Waals surface area contributed by atoms with Crippen LogP contribution in [0.25, 0.3) is 0 Å².